The van der Waals surface area contributed by atoms with Crippen LogP contribution >= 0.6 is 0 Å². The molecule has 20 heavy (non-hydrogen) atoms. The van der Waals surface area contributed by atoms with Gasteiger partial charge in [-0.2, -0.15) is 0 Å². The third-order valence-electron chi connectivity index (χ3n) is 3.36. The predicted molar refractivity (Wildman–Crippen MR) is 73.9 cm³/mol. The number of nitrogens with zero attached hydrogens (tertiary/aromatic N) is 2. The van der Waals surface area contributed by atoms with Crippen molar-refractivity contribution in [1.29, 1.82) is 0 Å². The molecule has 0 aromatic carbocycles. The number of hydrogen-bond acceptors (Lipinski definition) is 5. The molecule has 2 unspecified atom stereocenters. The van der Waals surface area contributed by atoms with Crippen molar-refractivity contribution in [2.24, 2.45) is 5.73 Å². The standard InChI is InChI=1S/C14H21N3O3/c1-19-10-13(15)14(18)17-7-4-12(8-17)20-9-11-2-5-16-6-3-11/h2-3,5-6,12-13H,4,7-10,15H2,1H3. The maximum Gasteiger partial charge on any atom is 0.241 e. The normalized spacial score (nSPS) is 20.1. The summed E-state index contributed by atoms with van der Waals surface area (Å²) in [7, 11) is 1.54. The first kappa shape index (κ1) is 14.9. The number of carbonyl (C=O) groups is 1. The highest BCUT2D eigenvalue weighted by molar-refractivity contribution is 5.82. The van der Waals surface area contributed by atoms with E-state index in [1.807, 2.05) is 12.1 Å². The number of pyridine rings is 1. The maximum absolute atomic E-state index is 12.0. The summed E-state index contributed by atoms with van der Waals surface area (Å²) < 4.78 is 10.7. The van der Waals surface area contributed by atoms with Crippen LogP contribution < -0.4 is 5.73 Å². The minimum Gasteiger partial charge on any atom is -0.383 e. The third kappa shape index (κ3) is 4.00. The van der Waals surface area contributed by atoms with Crippen molar-refractivity contribution in [2.45, 2.75) is 25.2 Å². The molecule has 1 aliphatic rings. The monoisotopic (exact) mass is 279 g/mol. The van der Waals surface area contributed by atoms with Gasteiger partial charge in [0.25, 0.3) is 0 Å². The van der Waals surface area contributed by atoms with Gasteiger partial charge in [-0.1, -0.05) is 0 Å². The van der Waals surface area contributed by atoms with Gasteiger partial charge >= 0.3 is 0 Å². The first-order chi connectivity index (χ1) is 9.70. The minimum absolute atomic E-state index is 0.0677. The summed E-state index contributed by atoms with van der Waals surface area (Å²) >= 11 is 0. The van der Waals surface area contributed by atoms with Gasteiger partial charge in [-0.25, -0.2) is 0 Å². The van der Waals surface area contributed by atoms with E-state index in [-0.39, 0.29) is 18.6 Å². The van der Waals surface area contributed by atoms with Crippen molar-refractivity contribution in [3.05, 3.63) is 30.1 Å². The van der Waals surface area contributed by atoms with Crippen molar-refractivity contribution in [1.82, 2.24) is 9.88 Å². The second-order valence-electron chi connectivity index (χ2n) is 4.92. The van der Waals surface area contributed by atoms with Crippen molar-refractivity contribution in [3.63, 3.8) is 0 Å². The molecule has 110 valence electrons. The van der Waals surface area contributed by atoms with E-state index in [4.69, 9.17) is 15.2 Å². The fourth-order valence-corrected chi connectivity index (χ4v) is 2.24. The van der Waals surface area contributed by atoms with Crippen LogP contribution in [0.1, 0.15) is 12.0 Å². The van der Waals surface area contributed by atoms with Gasteiger partial charge in [-0.05, 0) is 24.1 Å². The summed E-state index contributed by atoms with van der Waals surface area (Å²) in [6.07, 6.45) is 4.40. The number of hydrogen-bond donors (Lipinski definition) is 1. The lowest BCUT2D eigenvalue weighted by Crippen LogP contribution is -2.45. The summed E-state index contributed by atoms with van der Waals surface area (Å²) in [6, 6.07) is 3.26. The third-order valence-corrected chi connectivity index (χ3v) is 3.36. The molecular weight excluding hydrogens is 258 g/mol. The molecule has 6 heteroatoms. The Kier molecular flexibility index (Phi) is 5.46. The van der Waals surface area contributed by atoms with Crippen molar-refractivity contribution < 1.29 is 14.3 Å². The van der Waals surface area contributed by atoms with Crippen LogP contribution in [0, 0.1) is 0 Å². The van der Waals surface area contributed by atoms with Gasteiger partial charge in [-0.15, -0.1) is 0 Å². The molecule has 1 aromatic heterocycles. The molecule has 2 N–H and O–H groups in total. The Morgan fingerprint density at radius 2 is 2.30 bits per heavy atom. The molecule has 2 rings (SSSR count). The predicted octanol–water partition coefficient (Wildman–Crippen LogP) is 0.173. The number of likely N-dealkylation sites (tertiary alicyclic amines) is 1. The Morgan fingerprint density at radius 3 is 3.00 bits per heavy atom. The summed E-state index contributed by atoms with van der Waals surface area (Å²) in [5.41, 5.74) is 6.84. The molecule has 0 saturated carbocycles. The zero-order valence-electron chi connectivity index (χ0n) is 11.7. The van der Waals surface area contributed by atoms with Crippen molar-refractivity contribution in [2.75, 3.05) is 26.8 Å². The lowest BCUT2D eigenvalue weighted by Gasteiger charge is -2.20. The van der Waals surface area contributed by atoms with E-state index in [9.17, 15) is 4.79 Å². The second-order valence-corrected chi connectivity index (χ2v) is 4.92. The van der Waals surface area contributed by atoms with E-state index in [1.54, 1.807) is 17.3 Å². The lowest BCUT2D eigenvalue weighted by molar-refractivity contribution is -0.133. The molecule has 0 bridgehead atoms. The van der Waals surface area contributed by atoms with E-state index < -0.39 is 6.04 Å². The number of aromatic nitrogens is 1. The average molecular weight is 279 g/mol. The van der Waals surface area contributed by atoms with Crippen molar-refractivity contribution >= 4 is 5.91 Å². The smallest absolute Gasteiger partial charge is 0.241 e. The van der Waals surface area contributed by atoms with Gasteiger partial charge in [0.05, 0.1) is 19.3 Å². The Hall–Kier alpha value is -1.50. The van der Waals surface area contributed by atoms with Gasteiger partial charge in [0, 0.05) is 32.6 Å². The van der Waals surface area contributed by atoms with Gasteiger partial charge in [0.1, 0.15) is 6.04 Å². The van der Waals surface area contributed by atoms with Crippen LogP contribution in [0.2, 0.25) is 0 Å². The number of ether oxygens (including phenoxy) is 2. The highest BCUT2D eigenvalue weighted by Crippen LogP contribution is 2.15. The Balaban J connectivity index is 1.76. The number of amides is 1. The van der Waals surface area contributed by atoms with Crippen LogP contribution in [-0.4, -0.2) is 54.7 Å². The van der Waals surface area contributed by atoms with Crippen LogP contribution in [-0.2, 0) is 20.9 Å². The summed E-state index contributed by atoms with van der Waals surface area (Å²) in [5, 5.41) is 0. The number of rotatable bonds is 6. The van der Waals surface area contributed by atoms with Gasteiger partial charge in [0.15, 0.2) is 0 Å². The second kappa shape index (κ2) is 7.33. The van der Waals surface area contributed by atoms with Gasteiger partial charge in [0.2, 0.25) is 5.91 Å². The molecule has 2 heterocycles. The molecule has 1 saturated heterocycles. The lowest BCUT2D eigenvalue weighted by atomic mass is 10.3. The van der Waals surface area contributed by atoms with Crippen LogP contribution in [0.4, 0.5) is 0 Å². The minimum atomic E-state index is -0.584. The first-order valence-corrected chi connectivity index (χ1v) is 6.74. The zero-order chi connectivity index (χ0) is 14.4. The summed E-state index contributed by atoms with van der Waals surface area (Å²) in [4.78, 5) is 17.7. The molecule has 6 nitrogen and oxygen atoms in total. The Bertz CT molecular complexity index is 427. The summed E-state index contributed by atoms with van der Waals surface area (Å²) in [5.74, 6) is -0.0677. The van der Waals surface area contributed by atoms with Gasteiger partial charge in [-0.3, -0.25) is 9.78 Å². The molecule has 1 aliphatic heterocycles. The molecule has 1 amide bonds. The summed E-state index contributed by atoms with van der Waals surface area (Å²) in [6.45, 7) is 2.08. The zero-order valence-corrected chi connectivity index (χ0v) is 11.7. The molecule has 0 radical (unpaired) electrons. The highest BCUT2D eigenvalue weighted by Gasteiger charge is 2.29. The Labute approximate surface area is 118 Å². The average Bonchev–Trinajstić information content (AvgIpc) is 2.94. The number of nitrogens with two attached hydrogens (primary N) is 1. The molecule has 0 aliphatic carbocycles. The fourth-order valence-electron chi connectivity index (χ4n) is 2.24. The van der Waals surface area contributed by atoms with E-state index in [2.05, 4.69) is 4.98 Å². The van der Waals surface area contributed by atoms with E-state index >= 15 is 0 Å². The Morgan fingerprint density at radius 1 is 1.55 bits per heavy atom. The highest BCUT2D eigenvalue weighted by atomic mass is 16.5. The number of methoxy groups -OCH3 is 1. The van der Waals surface area contributed by atoms with E-state index in [0.717, 1.165) is 12.0 Å². The fraction of sp³-hybridized carbons (Fsp3) is 0.571. The van der Waals surface area contributed by atoms with Crippen LogP contribution in [0.25, 0.3) is 0 Å². The van der Waals surface area contributed by atoms with E-state index in [1.165, 1.54) is 7.11 Å². The SMILES string of the molecule is COCC(N)C(=O)N1CCC(OCc2ccncc2)C1. The molecule has 0 spiro atoms. The molecule has 1 fully saturated rings. The van der Waals surface area contributed by atoms with Crippen LogP contribution in [0.15, 0.2) is 24.5 Å². The van der Waals surface area contributed by atoms with Crippen molar-refractivity contribution in [3.8, 4) is 0 Å². The maximum atomic E-state index is 12.0. The van der Waals surface area contributed by atoms with Crippen LogP contribution in [0.5, 0.6) is 0 Å². The quantitative estimate of drug-likeness (QED) is 0.803. The molecule has 1 aromatic rings. The van der Waals surface area contributed by atoms with Gasteiger partial charge < -0.3 is 20.1 Å². The topological polar surface area (TPSA) is 77.7 Å². The first-order valence-electron chi connectivity index (χ1n) is 6.74. The molecular formula is C14H21N3O3. The molecule has 2 atom stereocenters. The van der Waals surface area contributed by atoms with E-state index in [0.29, 0.717) is 19.7 Å². The number of carbonyl (C=O) groups excluding carboxylic acids is 1. The largest absolute Gasteiger partial charge is 0.383 e. The van der Waals surface area contributed by atoms with Crippen LogP contribution in [0.3, 0.4) is 0 Å².